The molecule has 1 fully saturated rings. The molecule has 6 nitrogen and oxygen atoms in total. The number of carboxylic acids is 1. The molecule has 0 amide bonds. The number of benzene rings is 1. The number of pyridine rings is 1. The molecule has 0 bridgehead atoms. The van der Waals surface area contributed by atoms with Crippen molar-refractivity contribution in [3.63, 3.8) is 0 Å². The average Bonchev–Trinajstić information content (AvgIpc) is 3.36. The van der Waals surface area contributed by atoms with E-state index in [1.54, 1.807) is 37.4 Å². The van der Waals surface area contributed by atoms with E-state index in [9.17, 15) is 9.90 Å². The number of carboxylic acid groups (broad SMARTS) is 1. The van der Waals surface area contributed by atoms with Crippen LogP contribution in [-0.4, -0.2) is 53.5 Å². The number of piperidine rings is 1. The number of ether oxygens (including phenoxy) is 1. The number of likely N-dealkylation sites (tertiary alicyclic amines) is 1. The first-order chi connectivity index (χ1) is 16.5. The van der Waals surface area contributed by atoms with E-state index >= 15 is 4.39 Å². The van der Waals surface area contributed by atoms with Gasteiger partial charge in [0.1, 0.15) is 11.9 Å². The molecule has 0 aliphatic carbocycles. The van der Waals surface area contributed by atoms with E-state index in [1.165, 1.54) is 0 Å². The number of furan rings is 1. The van der Waals surface area contributed by atoms with Crippen molar-refractivity contribution in [2.24, 2.45) is 11.8 Å². The van der Waals surface area contributed by atoms with Crippen LogP contribution in [0.5, 0.6) is 5.75 Å². The van der Waals surface area contributed by atoms with Gasteiger partial charge in [0.2, 0.25) is 0 Å². The number of hydrogen-bond donors (Lipinski definition) is 1. The van der Waals surface area contributed by atoms with Gasteiger partial charge in [0.05, 0.1) is 18.9 Å². The number of fused-ring (bicyclic) bond motifs is 1. The summed E-state index contributed by atoms with van der Waals surface area (Å²) in [5.41, 5.74) is 1.36. The number of carbonyl (C=O) groups is 1. The van der Waals surface area contributed by atoms with Crippen molar-refractivity contribution in [2.75, 3.05) is 32.5 Å². The average molecular weight is 487 g/mol. The Hall–Kier alpha value is -2.58. The molecule has 3 heterocycles. The van der Waals surface area contributed by atoms with Crippen molar-refractivity contribution >= 4 is 28.6 Å². The standard InChI is InChI=1S/C26H31FN2O4S/c1-32-20-5-7-24-22(16-20)21(8-10-28-24)23(27)6-4-18-9-11-29(17-19(18)15-25(30)31)12-14-34-26-3-2-13-33-26/h2-3,5,7-8,10,13,16,18-19,23H,4,6,9,11-12,14-15,17H2,1H3,(H,30,31)/t18-,19+,23+/m1/s1. The lowest BCUT2D eigenvalue weighted by Gasteiger charge is -2.38. The van der Waals surface area contributed by atoms with E-state index in [-0.39, 0.29) is 18.3 Å². The molecule has 0 radical (unpaired) electrons. The van der Waals surface area contributed by atoms with Crippen molar-refractivity contribution in [2.45, 2.75) is 36.9 Å². The Balaban J connectivity index is 1.35. The number of alkyl halides is 1. The first-order valence-electron chi connectivity index (χ1n) is 11.7. The fourth-order valence-electron chi connectivity index (χ4n) is 4.88. The van der Waals surface area contributed by atoms with Gasteiger partial charge in [-0.2, -0.15) is 0 Å². The molecule has 34 heavy (non-hydrogen) atoms. The minimum absolute atomic E-state index is 0.0290. The molecule has 0 spiro atoms. The number of aliphatic carboxylic acids is 1. The number of halogens is 1. The molecule has 1 saturated heterocycles. The SMILES string of the molecule is COc1ccc2nccc([C@@H](F)CC[C@@H]3CCN(CCSc4ccco4)C[C@@H]3CC(=O)O)c2c1. The topological polar surface area (TPSA) is 75.8 Å². The van der Waals surface area contributed by atoms with Gasteiger partial charge in [-0.25, -0.2) is 4.39 Å². The number of rotatable bonds is 11. The van der Waals surface area contributed by atoms with E-state index in [0.29, 0.717) is 24.2 Å². The smallest absolute Gasteiger partial charge is 0.303 e. The zero-order valence-corrected chi connectivity index (χ0v) is 20.2. The van der Waals surface area contributed by atoms with Crippen molar-refractivity contribution in [3.05, 3.63) is 54.4 Å². The largest absolute Gasteiger partial charge is 0.497 e. The van der Waals surface area contributed by atoms with Crippen LogP contribution in [0.1, 0.15) is 37.4 Å². The molecule has 3 atom stereocenters. The fraction of sp³-hybridized carbons (Fsp3) is 0.462. The Morgan fingerprint density at radius 1 is 1.35 bits per heavy atom. The van der Waals surface area contributed by atoms with Crippen LogP contribution in [-0.2, 0) is 4.79 Å². The van der Waals surface area contributed by atoms with E-state index in [2.05, 4.69) is 9.88 Å². The van der Waals surface area contributed by atoms with Gasteiger partial charge in [-0.05, 0) is 79.6 Å². The third kappa shape index (κ3) is 6.30. The van der Waals surface area contributed by atoms with Crippen LogP contribution in [0.2, 0.25) is 0 Å². The van der Waals surface area contributed by atoms with Gasteiger partial charge in [-0.1, -0.05) is 11.8 Å². The number of aromatic nitrogens is 1. The Kier molecular flexibility index (Phi) is 8.45. The maximum Gasteiger partial charge on any atom is 0.303 e. The summed E-state index contributed by atoms with van der Waals surface area (Å²) in [7, 11) is 1.59. The summed E-state index contributed by atoms with van der Waals surface area (Å²) < 4.78 is 26.1. The summed E-state index contributed by atoms with van der Waals surface area (Å²) in [6.07, 6.45) is 4.22. The number of hydrogen-bond acceptors (Lipinski definition) is 6. The minimum atomic E-state index is -1.13. The Bertz CT molecular complexity index is 1080. The van der Waals surface area contributed by atoms with E-state index in [1.807, 2.05) is 30.3 Å². The number of methoxy groups -OCH3 is 1. The maximum absolute atomic E-state index is 15.4. The summed E-state index contributed by atoms with van der Waals surface area (Å²) in [6, 6.07) is 11.0. The quantitative estimate of drug-likeness (QED) is 0.342. The molecular weight excluding hydrogens is 455 g/mol. The second-order valence-electron chi connectivity index (χ2n) is 8.82. The van der Waals surface area contributed by atoms with Crippen LogP contribution in [0.4, 0.5) is 4.39 Å². The van der Waals surface area contributed by atoms with E-state index in [0.717, 1.165) is 47.8 Å². The van der Waals surface area contributed by atoms with Crippen LogP contribution < -0.4 is 4.74 Å². The normalized spacial score (nSPS) is 19.8. The van der Waals surface area contributed by atoms with Crippen molar-refractivity contribution < 1.29 is 23.4 Å². The molecular formula is C26H31FN2O4S. The predicted octanol–water partition coefficient (Wildman–Crippen LogP) is 5.83. The summed E-state index contributed by atoms with van der Waals surface area (Å²) in [6.45, 7) is 2.53. The number of thioether (sulfide) groups is 1. The van der Waals surface area contributed by atoms with Crippen LogP contribution in [0.15, 0.2) is 58.4 Å². The highest BCUT2D eigenvalue weighted by molar-refractivity contribution is 7.99. The third-order valence-electron chi connectivity index (χ3n) is 6.67. The minimum Gasteiger partial charge on any atom is -0.497 e. The van der Waals surface area contributed by atoms with Gasteiger partial charge in [0.15, 0.2) is 5.09 Å². The molecule has 1 aliphatic heterocycles. The van der Waals surface area contributed by atoms with Crippen LogP contribution in [0, 0.1) is 11.8 Å². The third-order valence-corrected chi connectivity index (χ3v) is 7.57. The highest BCUT2D eigenvalue weighted by Gasteiger charge is 2.31. The molecule has 0 saturated carbocycles. The zero-order valence-electron chi connectivity index (χ0n) is 19.4. The molecule has 182 valence electrons. The molecule has 1 N–H and O–H groups in total. The molecule has 4 rings (SSSR count). The number of nitrogens with zero attached hydrogens (tertiary/aromatic N) is 2. The maximum atomic E-state index is 15.4. The Morgan fingerprint density at radius 2 is 2.24 bits per heavy atom. The van der Waals surface area contributed by atoms with Gasteiger partial charge >= 0.3 is 5.97 Å². The van der Waals surface area contributed by atoms with Gasteiger partial charge < -0.3 is 19.2 Å². The van der Waals surface area contributed by atoms with Crippen molar-refractivity contribution in [1.29, 1.82) is 0 Å². The lowest BCUT2D eigenvalue weighted by Crippen LogP contribution is -2.42. The van der Waals surface area contributed by atoms with Crippen molar-refractivity contribution in [1.82, 2.24) is 9.88 Å². The molecule has 0 unspecified atom stereocenters. The first kappa shape index (κ1) is 24.5. The van der Waals surface area contributed by atoms with Gasteiger partial charge in [0, 0.05) is 36.8 Å². The molecule has 1 aliphatic rings. The Morgan fingerprint density at radius 3 is 3.00 bits per heavy atom. The summed E-state index contributed by atoms with van der Waals surface area (Å²) in [5.74, 6) is 1.01. The molecule has 2 aromatic heterocycles. The fourth-order valence-corrected chi connectivity index (χ4v) is 5.73. The van der Waals surface area contributed by atoms with Crippen LogP contribution in [0.3, 0.4) is 0 Å². The van der Waals surface area contributed by atoms with Crippen LogP contribution in [0.25, 0.3) is 10.9 Å². The van der Waals surface area contributed by atoms with E-state index in [4.69, 9.17) is 9.15 Å². The molecule has 8 heteroatoms. The molecule has 3 aromatic rings. The second-order valence-corrected chi connectivity index (χ2v) is 9.92. The lowest BCUT2D eigenvalue weighted by atomic mass is 9.79. The predicted molar refractivity (Wildman–Crippen MR) is 131 cm³/mol. The van der Waals surface area contributed by atoms with E-state index < -0.39 is 12.1 Å². The first-order valence-corrected chi connectivity index (χ1v) is 12.7. The summed E-state index contributed by atoms with van der Waals surface area (Å²) >= 11 is 1.66. The second kappa shape index (κ2) is 11.7. The lowest BCUT2D eigenvalue weighted by molar-refractivity contribution is -0.139. The van der Waals surface area contributed by atoms with Gasteiger partial charge in [-0.3, -0.25) is 9.78 Å². The van der Waals surface area contributed by atoms with Crippen LogP contribution >= 0.6 is 11.8 Å². The summed E-state index contributed by atoms with van der Waals surface area (Å²) in [5, 5.41) is 11.1. The highest BCUT2D eigenvalue weighted by atomic mass is 32.2. The zero-order chi connectivity index (χ0) is 23.9. The Labute approximate surface area is 203 Å². The van der Waals surface area contributed by atoms with Gasteiger partial charge in [-0.15, -0.1) is 0 Å². The highest BCUT2D eigenvalue weighted by Crippen LogP contribution is 2.36. The molecule has 1 aromatic carbocycles. The monoisotopic (exact) mass is 486 g/mol. The summed E-state index contributed by atoms with van der Waals surface area (Å²) in [4.78, 5) is 18.2. The van der Waals surface area contributed by atoms with Gasteiger partial charge in [0.25, 0.3) is 0 Å². The van der Waals surface area contributed by atoms with Crippen molar-refractivity contribution in [3.8, 4) is 5.75 Å².